The first-order valence-corrected chi connectivity index (χ1v) is 5.63. The molecule has 0 aliphatic carbocycles. The highest BCUT2D eigenvalue weighted by Crippen LogP contribution is 2.12. The molecule has 0 radical (unpaired) electrons. The Morgan fingerprint density at radius 3 is 2.47 bits per heavy atom. The number of allylic oxidation sites excluding steroid dienone is 4. The van der Waals surface area contributed by atoms with Crippen molar-refractivity contribution in [3.63, 3.8) is 0 Å². The van der Waals surface area contributed by atoms with Gasteiger partial charge in [-0.15, -0.1) is 0 Å². The summed E-state index contributed by atoms with van der Waals surface area (Å²) in [5.41, 5.74) is 1.06. The van der Waals surface area contributed by atoms with Crippen molar-refractivity contribution in [1.82, 2.24) is 4.90 Å². The smallest absolute Gasteiger partial charge is 0.123 e. The van der Waals surface area contributed by atoms with Crippen molar-refractivity contribution in [3.8, 4) is 0 Å². The van der Waals surface area contributed by atoms with Crippen LogP contribution in [0.5, 0.6) is 0 Å². The molecular formula is C13H20FN. The van der Waals surface area contributed by atoms with Crippen LogP contribution in [0.2, 0.25) is 0 Å². The van der Waals surface area contributed by atoms with Crippen molar-refractivity contribution in [2.75, 3.05) is 19.6 Å². The minimum absolute atomic E-state index is 0.162. The van der Waals surface area contributed by atoms with Crippen molar-refractivity contribution >= 4 is 0 Å². The SMILES string of the molecule is C\C=C/C(F)=C\C(=C/C)CN1CCCC1. The Labute approximate surface area is 92.0 Å². The van der Waals surface area contributed by atoms with Crippen LogP contribution in [0.3, 0.4) is 0 Å². The molecule has 1 saturated heterocycles. The lowest BCUT2D eigenvalue weighted by Crippen LogP contribution is -2.21. The zero-order valence-corrected chi connectivity index (χ0v) is 9.67. The van der Waals surface area contributed by atoms with Gasteiger partial charge in [0.25, 0.3) is 0 Å². The summed E-state index contributed by atoms with van der Waals surface area (Å²) in [6, 6.07) is 0. The Kier molecular flexibility index (Phi) is 5.33. The second-order valence-corrected chi connectivity index (χ2v) is 3.88. The maximum absolute atomic E-state index is 13.2. The second kappa shape index (κ2) is 6.57. The highest BCUT2D eigenvalue weighted by molar-refractivity contribution is 5.26. The monoisotopic (exact) mass is 209 g/mol. The minimum atomic E-state index is -0.162. The van der Waals surface area contributed by atoms with E-state index in [-0.39, 0.29) is 5.83 Å². The van der Waals surface area contributed by atoms with Crippen LogP contribution in [0.4, 0.5) is 4.39 Å². The molecule has 0 N–H and O–H groups in total. The zero-order chi connectivity index (χ0) is 11.1. The average Bonchev–Trinajstić information content (AvgIpc) is 2.70. The van der Waals surface area contributed by atoms with Crippen molar-refractivity contribution in [2.45, 2.75) is 26.7 Å². The lowest BCUT2D eigenvalue weighted by Gasteiger charge is -2.14. The van der Waals surface area contributed by atoms with Crippen LogP contribution in [-0.2, 0) is 0 Å². The molecule has 0 aromatic rings. The van der Waals surface area contributed by atoms with Crippen molar-refractivity contribution in [1.29, 1.82) is 0 Å². The van der Waals surface area contributed by atoms with Gasteiger partial charge in [0.15, 0.2) is 0 Å². The molecule has 2 heteroatoms. The summed E-state index contributed by atoms with van der Waals surface area (Å²) in [4.78, 5) is 2.37. The van der Waals surface area contributed by atoms with Crippen LogP contribution in [0.15, 0.2) is 35.7 Å². The topological polar surface area (TPSA) is 3.24 Å². The van der Waals surface area contributed by atoms with Gasteiger partial charge in [0, 0.05) is 6.54 Å². The number of hydrogen-bond acceptors (Lipinski definition) is 1. The fourth-order valence-corrected chi connectivity index (χ4v) is 1.80. The van der Waals surface area contributed by atoms with Crippen LogP contribution >= 0.6 is 0 Å². The molecule has 1 nitrogen and oxygen atoms in total. The molecule has 0 amide bonds. The summed E-state index contributed by atoms with van der Waals surface area (Å²) in [6.07, 6.45) is 9.37. The normalized spacial score (nSPS) is 20.5. The lowest BCUT2D eigenvalue weighted by molar-refractivity contribution is 0.371. The maximum Gasteiger partial charge on any atom is 0.123 e. The van der Waals surface area contributed by atoms with Crippen molar-refractivity contribution in [3.05, 3.63) is 35.7 Å². The molecule has 84 valence electrons. The molecule has 0 saturated carbocycles. The molecule has 1 aliphatic rings. The quantitative estimate of drug-likeness (QED) is 0.641. The fraction of sp³-hybridized carbons (Fsp3) is 0.538. The van der Waals surface area contributed by atoms with Crippen molar-refractivity contribution < 1.29 is 4.39 Å². The van der Waals surface area contributed by atoms with E-state index in [9.17, 15) is 4.39 Å². The van der Waals surface area contributed by atoms with Gasteiger partial charge in [-0.25, -0.2) is 4.39 Å². The van der Waals surface area contributed by atoms with E-state index in [1.54, 1.807) is 12.2 Å². The van der Waals surface area contributed by atoms with E-state index < -0.39 is 0 Å². The van der Waals surface area contributed by atoms with E-state index in [1.807, 2.05) is 19.9 Å². The molecule has 0 aromatic carbocycles. The molecule has 15 heavy (non-hydrogen) atoms. The van der Waals surface area contributed by atoms with E-state index >= 15 is 0 Å². The van der Waals surface area contributed by atoms with Crippen LogP contribution in [0, 0.1) is 0 Å². The molecule has 1 fully saturated rings. The van der Waals surface area contributed by atoms with Gasteiger partial charge in [-0.3, -0.25) is 4.90 Å². The van der Waals surface area contributed by atoms with Crippen LogP contribution < -0.4 is 0 Å². The molecule has 0 unspecified atom stereocenters. The second-order valence-electron chi connectivity index (χ2n) is 3.88. The third-order valence-electron chi connectivity index (χ3n) is 2.62. The molecule has 0 spiro atoms. The molecule has 1 aliphatic heterocycles. The number of nitrogens with zero attached hydrogens (tertiary/aromatic N) is 1. The Balaban J connectivity index is 2.52. The number of likely N-dealkylation sites (tertiary alicyclic amines) is 1. The molecular weight excluding hydrogens is 189 g/mol. The fourth-order valence-electron chi connectivity index (χ4n) is 1.80. The maximum atomic E-state index is 13.2. The van der Waals surface area contributed by atoms with Crippen molar-refractivity contribution in [2.24, 2.45) is 0 Å². The number of hydrogen-bond donors (Lipinski definition) is 0. The van der Waals surface area contributed by atoms with E-state index in [1.165, 1.54) is 18.9 Å². The Bertz CT molecular complexity index is 270. The van der Waals surface area contributed by atoms with Gasteiger partial charge in [0.2, 0.25) is 0 Å². The number of rotatable bonds is 4. The summed E-state index contributed by atoms with van der Waals surface area (Å²) < 4.78 is 13.2. The van der Waals surface area contributed by atoms with Gasteiger partial charge in [-0.1, -0.05) is 12.2 Å². The van der Waals surface area contributed by atoms with Crippen LogP contribution in [0.1, 0.15) is 26.7 Å². The van der Waals surface area contributed by atoms with E-state index in [0.29, 0.717) is 0 Å². The summed E-state index contributed by atoms with van der Waals surface area (Å²) in [5.74, 6) is -0.162. The van der Waals surface area contributed by atoms with Gasteiger partial charge < -0.3 is 0 Å². The first kappa shape index (κ1) is 12.2. The predicted octanol–water partition coefficient (Wildman–Crippen LogP) is 3.46. The number of halogens is 1. The third kappa shape index (κ3) is 4.43. The largest absolute Gasteiger partial charge is 0.299 e. The Hall–Kier alpha value is -0.890. The highest BCUT2D eigenvalue weighted by atomic mass is 19.1. The molecule has 0 atom stereocenters. The van der Waals surface area contributed by atoms with Gasteiger partial charge in [0.1, 0.15) is 5.83 Å². The average molecular weight is 209 g/mol. The van der Waals surface area contributed by atoms with Gasteiger partial charge in [-0.2, -0.15) is 0 Å². The standard InChI is InChI=1S/C13H20FN/c1-3-7-13(14)10-12(4-2)11-15-8-5-6-9-15/h3-4,7,10H,5-6,8-9,11H2,1-2H3/b7-3-,12-4+,13-10+. The Morgan fingerprint density at radius 2 is 1.93 bits per heavy atom. The van der Waals surface area contributed by atoms with Gasteiger partial charge in [-0.05, 0) is 57.5 Å². The molecule has 0 aromatic heterocycles. The zero-order valence-electron chi connectivity index (χ0n) is 9.67. The minimum Gasteiger partial charge on any atom is -0.299 e. The van der Waals surface area contributed by atoms with Gasteiger partial charge in [0.05, 0.1) is 0 Å². The first-order chi connectivity index (χ1) is 7.26. The van der Waals surface area contributed by atoms with E-state index in [2.05, 4.69) is 4.90 Å². The summed E-state index contributed by atoms with van der Waals surface area (Å²) >= 11 is 0. The predicted molar refractivity (Wildman–Crippen MR) is 63.4 cm³/mol. The highest BCUT2D eigenvalue weighted by Gasteiger charge is 2.11. The van der Waals surface area contributed by atoms with E-state index in [4.69, 9.17) is 0 Å². The third-order valence-corrected chi connectivity index (χ3v) is 2.62. The van der Waals surface area contributed by atoms with Gasteiger partial charge >= 0.3 is 0 Å². The summed E-state index contributed by atoms with van der Waals surface area (Å²) in [5, 5.41) is 0. The molecule has 0 bridgehead atoms. The Morgan fingerprint density at radius 1 is 1.27 bits per heavy atom. The van der Waals surface area contributed by atoms with Crippen LogP contribution in [-0.4, -0.2) is 24.5 Å². The first-order valence-electron chi connectivity index (χ1n) is 5.63. The summed E-state index contributed by atoms with van der Waals surface area (Å²) in [6.45, 7) is 6.96. The molecule has 1 rings (SSSR count). The summed E-state index contributed by atoms with van der Waals surface area (Å²) in [7, 11) is 0. The van der Waals surface area contributed by atoms with E-state index in [0.717, 1.165) is 25.2 Å². The van der Waals surface area contributed by atoms with Crippen LogP contribution in [0.25, 0.3) is 0 Å². The molecule has 1 heterocycles. The lowest BCUT2D eigenvalue weighted by atomic mass is 10.2.